The van der Waals surface area contributed by atoms with Crippen LogP contribution < -0.4 is 0 Å². The first kappa shape index (κ1) is 18.7. The van der Waals surface area contributed by atoms with Gasteiger partial charge in [-0.15, -0.1) is 5.10 Å². The quantitative estimate of drug-likeness (QED) is 0.654. The number of hydrogen-bond donors (Lipinski definition) is 1. The number of halogens is 3. The number of carbonyl (C=O) groups is 1. The molecule has 8 nitrogen and oxygen atoms in total. The number of alkyl halides is 3. The van der Waals surface area contributed by atoms with Crippen molar-refractivity contribution in [3.05, 3.63) is 54.0 Å². The van der Waals surface area contributed by atoms with Crippen LogP contribution in [0.4, 0.5) is 13.2 Å². The van der Waals surface area contributed by atoms with Crippen molar-refractivity contribution in [3.8, 4) is 11.3 Å². The van der Waals surface area contributed by atoms with Gasteiger partial charge in [0.25, 0.3) is 0 Å². The normalized spacial score (nSPS) is 14.8. The van der Waals surface area contributed by atoms with Crippen molar-refractivity contribution >= 4 is 17.7 Å². The number of hydrogen-bond acceptors (Lipinski definition) is 6. The summed E-state index contributed by atoms with van der Waals surface area (Å²) in [5, 5.41) is 17.5. The van der Waals surface area contributed by atoms with Crippen LogP contribution in [0.15, 0.2) is 37.1 Å². The molecular formula is C18H13F3N6O2. The van der Waals surface area contributed by atoms with Gasteiger partial charge in [-0.1, -0.05) is 0 Å². The van der Waals surface area contributed by atoms with Gasteiger partial charge < -0.3 is 5.11 Å². The minimum absolute atomic E-state index is 0.0164. The maximum absolute atomic E-state index is 13.2. The summed E-state index contributed by atoms with van der Waals surface area (Å²) >= 11 is 0. The third-order valence-electron chi connectivity index (χ3n) is 4.28. The van der Waals surface area contributed by atoms with Crippen molar-refractivity contribution in [2.75, 3.05) is 0 Å². The molecule has 0 bridgehead atoms. The number of carboxylic acids is 1. The van der Waals surface area contributed by atoms with Gasteiger partial charge in [-0.25, -0.2) is 19.7 Å². The first-order valence-corrected chi connectivity index (χ1v) is 8.53. The lowest BCUT2D eigenvalue weighted by molar-refractivity contribution is -0.141. The highest BCUT2D eigenvalue weighted by Crippen LogP contribution is 2.41. The van der Waals surface area contributed by atoms with Crippen LogP contribution in [0.5, 0.6) is 0 Å². The molecule has 0 amide bonds. The van der Waals surface area contributed by atoms with Gasteiger partial charge in [0, 0.05) is 35.1 Å². The third-order valence-corrected chi connectivity index (χ3v) is 4.28. The number of nitrogens with zero attached hydrogens (tertiary/aromatic N) is 6. The molecule has 3 heterocycles. The van der Waals surface area contributed by atoms with Gasteiger partial charge in [0.15, 0.2) is 0 Å². The highest BCUT2D eigenvalue weighted by Gasteiger charge is 2.35. The van der Waals surface area contributed by atoms with Crippen molar-refractivity contribution in [2.24, 2.45) is 0 Å². The summed E-state index contributed by atoms with van der Waals surface area (Å²) in [4.78, 5) is 23.8. The average molecular weight is 402 g/mol. The highest BCUT2D eigenvalue weighted by molar-refractivity contribution is 6.18. The first-order valence-electron chi connectivity index (χ1n) is 8.53. The molecule has 1 N–H and O–H groups in total. The Bertz CT molecular complexity index is 1090. The molecule has 29 heavy (non-hydrogen) atoms. The molecule has 4 rings (SSSR count). The second-order valence-electron chi connectivity index (χ2n) is 6.46. The van der Waals surface area contributed by atoms with E-state index < -0.39 is 17.8 Å². The summed E-state index contributed by atoms with van der Waals surface area (Å²) < 4.78 is 39.6. The van der Waals surface area contributed by atoms with E-state index in [1.807, 2.05) is 0 Å². The monoisotopic (exact) mass is 402 g/mol. The van der Waals surface area contributed by atoms with Crippen molar-refractivity contribution in [2.45, 2.75) is 24.9 Å². The van der Waals surface area contributed by atoms with Gasteiger partial charge in [-0.2, -0.15) is 23.1 Å². The Morgan fingerprint density at radius 3 is 2.52 bits per heavy atom. The average Bonchev–Trinajstić information content (AvgIpc) is 3.44. The molecule has 0 aliphatic heterocycles. The van der Waals surface area contributed by atoms with E-state index in [1.54, 1.807) is 6.07 Å². The van der Waals surface area contributed by atoms with Gasteiger partial charge in [0.2, 0.25) is 0 Å². The minimum Gasteiger partial charge on any atom is -0.478 e. The lowest BCUT2D eigenvalue weighted by atomic mass is 10.1. The van der Waals surface area contributed by atoms with E-state index in [1.165, 1.54) is 24.9 Å². The summed E-state index contributed by atoms with van der Waals surface area (Å²) in [5.74, 6) is -1.24. The molecule has 1 saturated carbocycles. The van der Waals surface area contributed by atoms with E-state index >= 15 is 0 Å². The molecule has 1 aliphatic rings. The fourth-order valence-electron chi connectivity index (χ4n) is 2.71. The summed E-state index contributed by atoms with van der Waals surface area (Å²) in [7, 11) is 0. The Hall–Kier alpha value is -3.63. The van der Waals surface area contributed by atoms with E-state index in [0.717, 1.165) is 29.9 Å². The fraction of sp³-hybridized carbons (Fsp3) is 0.222. The topological polar surface area (TPSA) is 107 Å². The SMILES string of the molecule is O=C(O)/C(=C/n1ncc(-c2cc(C3CC3)nc(C(F)(F)F)c2)n1)c1cncnc1. The molecule has 0 spiro atoms. The Morgan fingerprint density at radius 2 is 1.90 bits per heavy atom. The zero-order chi connectivity index (χ0) is 20.6. The standard InChI is InChI=1S/C18H13F3N6O2/c19-18(20,21)16-4-11(3-14(25-16)10-1-2-10)15-7-24-27(26-15)8-13(17(28)29)12-5-22-9-23-6-12/h3-10H,1-2H2,(H,28,29)/b13-8+. The zero-order valence-corrected chi connectivity index (χ0v) is 14.7. The van der Waals surface area contributed by atoms with Crippen molar-refractivity contribution in [1.29, 1.82) is 0 Å². The van der Waals surface area contributed by atoms with Crippen molar-refractivity contribution < 1.29 is 23.1 Å². The van der Waals surface area contributed by atoms with Crippen LogP contribution >= 0.6 is 0 Å². The largest absolute Gasteiger partial charge is 0.478 e. The summed E-state index contributed by atoms with van der Waals surface area (Å²) in [6.45, 7) is 0. The molecule has 3 aromatic rings. The van der Waals surface area contributed by atoms with Gasteiger partial charge in [-0.05, 0) is 25.0 Å². The Balaban J connectivity index is 1.72. The summed E-state index contributed by atoms with van der Waals surface area (Å²) in [6.07, 6.45) is 3.30. The molecule has 0 radical (unpaired) electrons. The number of pyridine rings is 1. The van der Waals surface area contributed by atoms with Crippen molar-refractivity contribution in [1.82, 2.24) is 29.9 Å². The molecule has 1 aliphatic carbocycles. The molecular weight excluding hydrogens is 389 g/mol. The number of carboxylic acid groups (broad SMARTS) is 1. The van der Waals surface area contributed by atoms with E-state index in [2.05, 4.69) is 25.1 Å². The molecule has 0 atom stereocenters. The van der Waals surface area contributed by atoms with E-state index in [-0.39, 0.29) is 28.3 Å². The minimum atomic E-state index is -4.58. The fourth-order valence-corrected chi connectivity index (χ4v) is 2.71. The van der Waals surface area contributed by atoms with Crippen molar-refractivity contribution in [3.63, 3.8) is 0 Å². The van der Waals surface area contributed by atoms with Gasteiger partial charge in [0.1, 0.15) is 17.7 Å². The van der Waals surface area contributed by atoms with Gasteiger partial charge in [-0.3, -0.25) is 0 Å². The second kappa shape index (κ2) is 7.08. The smallest absolute Gasteiger partial charge is 0.433 e. The molecule has 0 aromatic carbocycles. The zero-order valence-electron chi connectivity index (χ0n) is 14.7. The molecule has 11 heteroatoms. The van der Waals surface area contributed by atoms with Crippen LogP contribution in [0.25, 0.3) is 23.0 Å². The second-order valence-corrected chi connectivity index (χ2v) is 6.46. The maximum atomic E-state index is 13.2. The van der Waals surface area contributed by atoms with E-state index in [0.29, 0.717) is 5.69 Å². The molecule has 148 valence electrons. The molecule has 3 aromatic heterocycles. The Morgan fingerprint density at radius 1 is 1.17 bits per heavy atom. The Kier molecular flexibility index (Phi) is 4.57. The number of rotatable bonds is 5. The predicted octanol–water partition coefficient (Wildman–Crippen LogP) is 3.11. The van der Waals surface area contributed by atoms with E-state index in [4.69, 9.17) is 0 Å². The first-order chi connectivity index (χ1) is 13.8. The lowest BCUT2D eigenvalue weighted by Crippen LogP contribution is -2.09. The maximum Gasteiger partial charge on any atom is 0.433 e. The van der Waals surface area contributed by atoms with Crippen LogP contribution in [0.2, 0.25) is 0 Å². The highest BCUT2D eigenvalue weighted by atomic mass is 19.4. The van der Waals surface area contributed by atoms with Gasteiger partial charge in [0.05, 0.1) is 18.0 Å². The molecule has 0 unspecified atom stereocenters. The Labute approximate surface area is 161 Å². The summed E-state index contributed by atoms with van der Waals surface area (Å²) in [6, 6.07) is 2.47. The van der Waals surface area contributed by atoms with Crippen LogP contribution in [0, 0.1) is 0 Å². The summed E-state index contributed by atoms with van der Waals surface area (Å²) in [5.41, 5.74) is -0.170. The van der Waals surface area contributed by atoms with E-state index in [9.17, 15) is 23.1 Å². The van der Waals surface area contributed by atoms with Crippen LogP contribution in [0.1, 0.15) is 35.7 Å². The predicted molar refractivity (Wildman–Crippen MR) is 94.1 cm³/mol. The lowest BCUT2D eigenvalue weighted by Gasteiger charge is -2.09. The third kappa shape index (κ3) is 4.13. The van der Waals surface area contributed by atoms with Crippen LogP contribution in [-0.2, 0) is 11.0 Å². The van der Waals surface area contributed by atoms with Crippen LogP contribution in [-0.4, -0.2) is 41.0 Å². The van der Waals surface area contributed by atoms with Gasteiger partial charge >= 0.3 is 12.1 Å². The number of aliphatic carboxylic acids is 1. The number of aromatic nitrogens is 6. The van der Waals surface area contributed by atoms with Crippen LogP contribution in [0.3, 0.4) is 0 Å². The molecule has 1 fully saturated rings. The molecule has 0 saturated heterocycles.